The highest BCUT2D eigenvalue weighted by molar-refractivity contribution is 5.18. The Bertz CT molecular complexity index is 480. The molecule has 4 atom stereocenters. The minimum atomic E-state index is -0.494. The SMILES string of the molecule is N#C[C@@H]1C=C[C@@H]2OC(c3ccccc3)OC[C@H]2O1. The van der Waals surface area contributed by atoms with Crippen molar-refractivity contribution in [1.29, 1.82) is 5.26 Å². The topological polar surface area (TPSA) is 51.5 Å². The molecule has 92 valence electrons. The van der Waals surface area contributed by atoms with Crippen LogP contribution in [0.1, 0.15) is 11.9 Å². The molecule has 0 N–H and O–H groups in total. The van der Waals surface area contributed by atoms with Gasteiger partial charge in [-0.3, -0.25) is 0 Å². The van der Waals surface area contributed by atoms with E-state index in [1.165, 1.54) is 0 Å². The maximum Gasteiger partial charge on any atom is 0.184 e. The van der Waals surface area contributed by atoms with E-state index in [9.17, 15) is 0 Å². The van der Waals surface area contributed by atoms with Gasteiger partial charge in [0.25, 0.3) is 0 Å². The summed E-state index contributed by atoms with van der Waals surface area (Å²) in [5, 5.41) is 8.80. The summed E-state index contributed by atoms with van der Waals surface area (Å²) in [4.78, 5) is 0. The minimum absolute atomic E-state index is 0.145. The first-order valence-corrected chi connectivity index (χ1v) is 5.92. The highest BCUT2D eigenvalue weighted by Gasteiger charge is 2.35. The van der Waals surface area contributed by atoms with Crippen LogP contribution >= 0.6 is 0 Å². The third kappa shape index (κ3) is 2.16. The number of nitrogens with zero attached hydrogens (tertiary/aromatic N) is 1. The number of hydrogen-bond acceptors (Lipinski definition) is 4. The Hall–Kier alpha value is -1.67. The lowest BCUT2D eigenvalue weighted by Gasteiger charge is -2.37. The van der Waals surface area contributed by atoms with Crippen molar-refractivity contribution in [2.75, 3.05) is 6.61 Å². The van der Waals surface area contributed by atoms with E-state index in [1.807, 2.05) is 36.4 Å². The van der Waals surface area contributed by atoms with Gasteiger partial charge in [-0.05, 0) is 6.08 Å². The third-order valence-corrected chi connectivity index (χ3v) is 3.05. The lowest BCUT2D eigenvalue weighted by molar-refractivity contribution is -0.258. The molecule has 0 bridgehead atoms. The average molecular weight is 243 g/mol. The van der Waals surface area contributed by atoms with Gasteiger partial charge in [0, 0.05) is 5.56 Å². The Balaban J connectivity index is 1.73. The quantitative estimate of drug-likeness (QED) is 0.707. The Labute approximate surface area is 105 Å². The van der Waals surface area contributed by atoms with E-state index in [1.54, 1.807) is 6.08 Å². The third-order valence-electron chi connectivity index (χ3n) is 3.05. The fourth-order valence-corrected chi connectivity index (χ4v) is 2.14. The predicted molar refractivity (Wildman–Crippen MR) is 63.4 cm³/mol. The predicted octanol–water partition coefficient (Wildman–Crippen LogP) is 1.95. The van der Waals surface area contributed by atoms with Crippen molar-refractivity contribution in [3.8, 4) is 6.07 Å². The number of ether oxygens (including phenoxy) is 3. The summed E-state index contributed by atoms with van der Waals surface area (Å²) >= 11 is 0. The molecule has 4 nitrogen and oxygen atoms in total. The number of hydrogen-bond donors (Lipinski definition) is 0. The molecule has 0 aliphatic carbocycles. The van der Waals surface area contributed by atoms with E-state index < -0.39 is 6.10 Å². The number of nitriles is 1. The lowest BCUT2D eigenvalue weighted by Crippen LogP contribution is -2.44. The van der Waals surface area contributed by atoms with Gasteiger partial charge in [-0.1, -0.05) is 36.4 Å². The molecule has 0 saturated carbocycles. The second-order valence-corrected chi connectivity index (χ2v) is 4.29. The van der Waals surface area contributed by atoms with E-state index in [0.717, 1.165) is 5.56 Å². The molecule has 3 rings (SSSR count). The number of fused-ring (bicyclic) bond motifs is 1. The fraction of sp³-hybridized carbons (Fsp3) is 0.357. The molecule has 1 unspecified atom stereocenters. The molecule has 1 saturated heterocycles. The zero-order valence-electron chi connectivity index (χ0n) is 9.73. The molecule has 0 radical (unpaired) electrons. The standard InChI is InChI=1S/C14H13NO3/c15-8-11-6-7-12-13(17-11)9-16-14(18-12)10-4-2-1-3-5-10/h1-7,11-14H,9H2/t11-,12-,13+,14?/m0/s1. The van der Waals surface area contributed by atoms with Crippen LogP contribution in [0.4, 0.5) is 0 Å². The van der Waals surface area contributed by atoms with E-state index in [0.29, 0.717) is 6.61 Å². The van der Waals surface area contributed by atoms with Crippen molar-refractivity contribution in [2.24, 2.45) is 0 Å². The first-order chi connectivity index (χ1) is 8.86. The Morgan fingerprint density at radius 3 is 2.72 bits per heavy atom. The minimum Gasteiger partial charge on any atom is -0.351 e. The Kier molecular flexibility index (Phi) is 3.11. The van der Waals surface area contributed by atoms with E-state index in [2.05, 4.69) is 6.07 Å². The average Bonchev–Trinajstić information content (AvgIpc) is 2.47. The van der Waals surface area contributed by atoms with Gasteiger partial charge in [0.2, 0.25) is 0 Å². The molecule has 1 fully saturated rings. The van der Waals surface area contributed by atoms with Crippen LogP contribution in [0.2, 0.25) is 0 Å². The van der Waals surface area contributed by atoms with E-state index in [-0.39, 0.29) is 18.5 Å². The molecule has 0 aromatic heterocycles. The van der Waals surface area contributed by atoms with Crippen molar-refractivity contribution >= 4 is 0 Å². The molecule has 1 aromatic carbocycles. The van der Waals surface area contributed by atoms with Gasteiger partial charge in [-0.15, -0.1) is 0 Å². The molecule has 0 amide bonds. The van der Waals surface area contributed by atoms with Crippen LogP contribution in [0.5, 0.6) is 0 Å². The van der Waals surface area contributed by atoms with E-state index in [4.69, 9.17) is 19.5 Å². The Morgan fingerprint density at radius 1 is 1.11 bits per heavy atom. The normalized spacial score (nSPS) is 34.6. The summed E-state index contributed by atoms with van der Waals surface area (Å²) in [6, 6.07) is 11.9. The fourth-order valence-electron chi connectivity index (χ4n) is 2.14. The molecule has 0 spiro atoms. The highest BCUT2D eigenvalue weighted by atomic mass is 16.7. The molecule has 1 aromatic rings. The molecule has 4 heteroatoms. The van der Waals surface area contributed by atoms with Gasteiger partial charge in [-0.2, -0.15) is 5.26 Å². The number of rotatable bonds is 1. The van der Waals surface area contributed by atoms with Gasteiger partial charge in [0.1, 0.15) is 12.2 Å². The molecule has 2 heterocycles. The van der Waals surface area contributed by atoms with Crippen LogP contribution in [0, 0.1) is 11.3 Å². The molecular formula is C14H13NO3. The first kappa shape index (κ1) is 11.4. The van der Waals surface area contributed by atoms with Crippen LogP contribution in [0.15, 0.2) is 42.5 Å². The molecule has 2 aliphatic heterocycles. The second-order valence-electron chi connectivity index (χ2n) is 4.29. The maximum atomic E-state index is 8.80. The smallest absolute Gasteiger partial charge is 0.184 e. The zero-order chi connectivity index (χ0) is 12.4. The van der Waals surface area contributed by atoms with Crippen LogP contribution in [-0.4, -0.2) is 24.9 Å². The summed E-state index contributed by atoms with van der Waals surface area (Å²) in [5.41, 5.74) is 0.992. The van der Waals surface area contributed by atoms with Crippen LogP contribution < -0.4 is 0 Å². The van der Waals surface area contributed by atoms with Crippen molar-refractivity contribution < 1.29 is 14.2 Å². The van der Waals surface area contributed by atoms with Crippen LogP contribution in [0.3, 0.4) is 0 Å². The molecular weight excluding hydrogens is 230 g/mol. The van der Waals surface area contributed by atoms with Gasteiger partial charge in [-0.25, -0.2) is 0 Å². The van der Waals surface area contributed by atoms with Gasteiger partial charge >= 0.3 is 0 Å². The highest BCUT2D eigenvalue weighted by Crippen LogP contribution is 2.30. The van der Waals surface area contributed by atoms with Crippen molar-refractivity contribution in [3.05, 3.63) is 48.0 Å². The summed E-state index contributed by atoms with van der Waals surface area (Å²) in [6.45, 7) is 0.437. The van der Waals surface area contributed by atoms with Crippen LogP contribution in [0.25, 0.3) is 0 Å². The Morgan fingerprint density at radius 2 is 1.94 bits per heavy atom. The van der Waals surface area contributed by atoms with Gasteiger partial charge in [0.05, 0.1) is 12.7 Å². The summed E-state index contributed by atoms with van der Waals surface area (Å²) in [5.74, 6) is 0. The summed E-state index contributed by atoms with van der Waals surface area (Å²) in [7, 11) is 0. The molecule has 2 aliphatic rings. The largest absolute Gasteiger partial charge is 0.351 e. The maximum absolute atomic E-state index is 8.80. The van der Waals surface area contributed by atoms with Crippen molar-refractivity contribution in [1.82, 2.24) is 0 Å². The van der Waals surface area contributed by atoms with Crippen LogP contribution in [-0.2, 0) is 14.2 Å². The second kappa shape index (κ2) is 4.91. The lowest BCUT2D eigenvalue weighted by atomic mass is 10.1. The van der Waals surface area contributed by atoms with E-state index >= 15 is 0 Å². The zero-order valence-corrected chi connectivity index (χ0v) is 9.73. The number of benzene rings is 1. The van der Waals surface area contributed by atoms with Crippen molar-refractivity contribution in [3.63, 3.8) is 0 Å². The summed E-state index contributed by atoms with van der Waals surface area (Å²) in [6.07, 6.45) is 2.42. The van der Waals surface area contributed by atoms with Crippen molar-refractivity contribution in [2.45, 2.75) is 24.6 Å². The summed E-state index contributed by atoms with van der Waals surface area (Å²) < 4.78 is 17.0. The van der Waals surface area contributed by atoms with Gasteiger partial charge < -0.3 is 14.2 Å². The van der Waals surface area contributed by atoms with Gasteiger partial charge in [0.15, 0.2) is 12.4 Å². The first-order valence-electron chi connectivity index (χ1n) is 5.92. The molecule has 18 heavy (non-hydrogen) atoms. The monoisotopic (exact) mass is 243 g/mol.